The molecule has 0 spiro atoms. The van der Waals surface area contributed by atoms with Crippen LogP contribution in [0.3, 0.4) is 0 Å². The second-order valence-electron chi connectivity index (χ2n) is 4.74. The third kappa shape index (κ3) is 2.93. The molecule has 2 heterocycles. The maximum Gasteiger partial charge on any atom is 0.226 e. The predicted molar refractivity (Wildman–Crippen MR) is 76.7 cm³/mol. The van der Waals surface area contributed by atoms with Crippen LogP contribution in [0.15, 0.2) is 24.3 Å². The molecule has 0 radical (unpaired) electrons. The molecule has 1 atom stereocenters. The molecule has 0 aliphatic rings. The summed E-state index contributed by atoms with van der Waals surface area (Å²) in [6.45, 7) is 0.259. The number of methoxy groups -OCH3 is 1. The number of carbonyl (C=O) groups is 1. The van der Waals surface area contributed by atoms with E-state index in [2.05, 4.69) is 36.1 Å². The molecule has 1 amide bonds. The topological polar surface area (TPSA) is 121 Å². The zero-order valence-electron chi connectivity index (χ0n) is 11.9. The number of rotatable bonds is 6. The Balaban J connectivity index is 1.71. The predicted octanol–water partition coefficient (Wildman–Crippen LogP) is 0.122. The number of tetrazole rings is 1. The third-order valence-corrected chi connectivity index (χ3v) is 3.22. The molecule has 0 fully saturated rings. The molecule has 9 heteroatoms. The van der Waals surface area contributed by atoms with Crippen LogP contribution in [0.4, 0.5) is 0 Å². The van der Waals surface area contributed by atoms with Gasteiger partial charge in [-0.15, -0.1) is 10.2 Å². The first kappa shape index (κ1) is 14.1. The molecule has 0 saturated heterocycles. The van der Waals surface area contributed by atoms with Gasteiger partial charge in [-0.3, -0.25) is 9.89 Å². The average molecular weight is 301 g/mol. The van der Waals surface area contributed by atoms with Gasteiger partial charge in [0, 0.05) is 12.5 Å². The molecule has 22 heavy (non-hydrogen) atoms. The van der Waals surface area contributed by atoms with E-state index in [1.165, 1.54) is 0 Å². The van der Waals surface area contributed by atoms with Gasteiger partial charge in [0.05, 0.1) is 24.2 Å². The number of hydrogen-bond donors (Lipinski definition) is 3. The van der Waals surface area contributed by atoms with Crippen LogP contribution >= 0.6 is 0 Å². The van der Waals surface area contributed by atoms with Crippen molar-refractivity contribution in [2.45, 2.75) is 12.5 Å². The summed E-state index contributed by atoms with van der Waals surface area (Å²) in [7, 11) is 1.54. The Morgan fingerprint density at radius 2 is 2.23 bits per heavy atom. The molecule has 3 rings (SSSR count). The Labute approximate surface area is 125 Å². The molecule has 2 aromatic heterocycles. The molecular formula is C13H15N7O2. The van der Waals surface area contributed by atoms with E-state index >= 15 is 0 Å². The standard InChI is InChI=1S/C13H15N7O2/c1-22-7-11(13-17-19-20-18-13)14-12(21)6-10-8-4-2-3-5-9(8)15-16-10/h2-5,11H,6-7H2,1H3,(H,14,21)(H,15,16)(H,17,18,19,20). The van der Waals surface area contributed by atoms with Gasteiger partial charge >= 0.3 is 0 Å². The van der Waals surface area contributed by atoms with Crippen LogP contribution in [-0.2, 0) is 16.0 Å². The summed E-state index contributed by atoms with van der Waals surface area (Å²) in [5, 5.41) is 24.4. The van der Waals surface area contributed by atoms with E-state index in [0.717, 1.165) is 16.6 Å². The molecule has 1 unspecified atom stereocenters. The summed E-state index contributed by atoms with van der Waals surface area (Å²) in [6.07, 6.45) is 0.179. The number of H-pyrrole nitrogens is 2. The van der Waals surface area contributed by atoms with Crippen molar-refractivity contribution in [1.82, 2.24) is 36.1 Å². The van der Waals surface area contributed by atoms with Crippen LogP contribution in [0.25, 0.3) is 10.9 Å². The number of ether oxygens (including phenoxy) is 1. The Bertz CT molecular complexity index is 753. The van der Waals surface area contributed by atoms with Gasteiger partial charge in [-0.05, 0) is 6.07 Å². The lowest BCUT2D eigenvalue weighted by Crippen LogP contribution is -2.33. The number of aromatic nitrogens is 6. The fraction of sp³-hybridized carbons (Fsp3) is 0.308. The summed E-state index contributed by atoms with van der Waals surface area (Å²) >= 11 is 0. The van der Waals surface area contributed by atoms with Crippen molar-refractivity contribution in [3.8, 4) is 0 Å². The minimum absolute atomic E-state index is 0.179. The molecule has 0 saturated carbocycles. The molecule has 3 aromatic rings. The number of nitrogens with zero attached hydrogens (tertiary/aromatic N) is 4. The van der Waals surface area contributed by atoms with Gasteiger partial charge in [-0.2, -0.15) is 10.3 Å². The van der Waals surface area contributed by atoms with E-state index < -0.39 is 6.04 Å². The van der Waals surface area contributed by atoms with Crippen molar-refractivity contribution in [2.75, 3.05) is 13.7 Å². The first-order valence-corrected chi connectivity index (χ1v) is 6.71. The van der Waals surface area contributed by atoms with Crippen LogP contribution in [0.2, 0.25) is 0 Å². The zero-order chi connectivity index (χ0) is 15.4. The van der Waals surface area contributed by atoms with E-state index in [1.54, 1.807) is 7.11 Å². The maximum absolute atomic E-state index is 12.2. The van der Waals surface area contributed by atoms with Gasteiger partial charge in [-0.1, -0.05) is 23.4 Å². The van der Waals surface area contributed by atoms with Crippen molar-refractivity contribution in [1.29, 1.82) is 0 Å². The lowest BCUT2D eigenvalue weighted by atomic mass is 10.1. The highest BCUT2D eigenvalue weighted by molar-refractivity contribution is 5.87. The Morgan fingerprint density at radius 1 is 1.36 bits per heavy atom. The Hall–Kier alpha value is -2.81. The molecule has 0 aliphatic heterocycles. The fourth-order valence-corrected chi connectivity index (χ4v) is 2.22. The summed E-state index contributed by atoms with van der Waals surface area (Å²) < 4.78 is 5.08. The lowest BCUT2D eigenvalue weighted by Gasteiger charge is -2.13. The summed E-state index contributed by atoms with van der Waals surface area (Å²) in [5.74, 6) is 0.200. The molecular weight excluding hydrogens is 286 g/mol. The summed E-state index contributed by atoms with van der Waals surface area (Å²) in [4.78, 5) is 12.2. The van der Waals surface area contributed by atoms with Gasteiger partial charge in [-0.25, -0.2) is 0 Å². The second kappa shape index (κ2) is 6.31. The van der Waals surface area contributed by atoms with E-state index in [1.807, 2.05) is 24.3 Å². The number of aromatic amines is 2. The van der Waals surface area contributed by atoms with E-state index in [4.69, 9.17) is 4.74 Å². The van der Waals surface area contributed by atoms with Gasteiger partial charge in [0.25, 0.3) is 0 Å². The molecule has 9 nitrogen and oxygen atoms in total. The molecule has 1 aromatic carbocycles. The number of para-hydroxylation sites is 1. The van der Waals surface area contributed by atoms with Gasteiger partial charge in [0.1, 0.15) is 6.04 Å². The van der Waals surface area contributed by atoms with Crippen molar-refractivity contribution in [2.24, 2.45) is 0 Å². The van der Waals surface area contributed by atoms with Gasteiger partial charge in [0.2, 0.25) is 5.91 Å². The monoisotopic (exact) mass is 301 g/mol. The minimum atomic E-state index is -0.453. The Morgan fingerprint density at radius 3 is 3.00 bits per heavy atom. The Kier molecular flexibility index (Phi) is 4.05. The van der Waals surface area contributed by atoms with E-state index in [-0.39, 0.29) is 18.9 Å². The SMILES string of the molecule is COCC(NC(=O)Cc1[nH]nc2ccccc12)c1nn[nH]n1. The highest BCUT2D eigenvalue weighted by Gasteiger charge is 2.19. The molecule has 114 valence electrons. The third-order valence-electron chi connectivity index (χ3n) is 3.22. The van der Waals surface area contributed by atoms with Crippen LogP contribution < -0.4 is 5.32 Å². The van der Waals surface area contributed by atoms with Crippen molar-refractivity contribution < 1.29 is 9.53 Å². The number of amides is 1. The van der Waals surface area contributed by atoms with Gasteiger partial charge in [0.15, 0.2) is 5.82 Å². The summed E-state index contributed by atoms with van der Waals surface area (Å²) in [6, 6.07) is 7.17. The normalized spacial score (nSPS) is 12.4. The second-order valence-corrected chi connectivity index (χ2v) is 4.74. The van der Waals surface area contributed by atoms with E-state index in [0.29, 0.717) is 5.82 Å². The van der Waals surface area contributed by atoms with Crippen LogP contribution in [0, 0.1) is 0 Å². The highest BCUT2D eigenvalue weighted by atomic mass is 16.5. The number of nitrogens with one attached hydrogen (secondary N) is 3. The van der Waals surface area contributed by atoms with Crippen molar-refractivity contribution in [3.05, 3.63) is 35.8 Å². The maximum atomic E-state index is 12.2. The number of benzene rings is 1. The molecule has 0 aliphatic carbocycles. The molecule has 3 N–H and O–H groups in total. The largest absolute Gasteiger partial charge is 0.382 e. The first-order chi connectivity index (χ1) is 10.8. The lowest BCUT2D eigenvalue weighted by molar-refractivity contribution is -0.121. The van der Waals surface area contributed by atoms with Crippen LogP contribution in [0.1, 0.15) is 17.6 Å². The highest BCUT2D eigenvalue weighted by Crippen LogP contribution is 2.16. The van der Waals surface area contributed by atoms with Crippen LogP contribution in [0.5, 0.6) is 0 Å². The fourth-order valence-electron chi connectivity index (χ4n) is 2.22. The van der Waals surface area contributed by atoms with Gasteiger partial charge < -0.3 is 10.1 Å². The van der Waals surface area contributed by atoms with E-state index in [9.17, 15) is 4.79 Å². The quantitative estimate of drug-likeness (QED) is 0.594. The zero-order valence-corrected chi connectivity index (χ0v) is 11.9. The van der Waals surface area contributed by atoms with Crippen molar-refractivity contribution in [3.63, 3.8) is 0 Å². The van der Waals surface area contributed by atoms with Crippen molar-refractivity contribution >= 4 is 16.8 Å². The minimum Gasteiger partial charge on any atom is -0.382 e. The number of fused-ring (bicyclic) bond motifs is 1. The summed E-state index contributed by atoms with van der Waals surface area (Å²) in [5.41, 5.74) is 1.59. The first-order valence-electron chi connectivity index (χ1n) is 6.71. The number of hydrogen-bond acceptors (Lipinski definition) is 6. The average Bonchev–Trinajstić information content (AvgIpc) is 3.17. The smallest absolute Gasteiger partial charge is 0.226 e. The number of carbonyl (C=O) groups excluding carboxylic acids is 1. The van der Waals surface area contributed by atoms with Crippen LogP contribution in [-0.4, -0.2) is 50.4 Å². The molecule has 0 bridgehead atoms.